The van der Waals surface area contributed by atoms with Crippen LogP contribution in [0.4, 0.5) is 5.69 Å². The third-order valence-corrected chi connectivity index (χ3v) is 6.00. The average Bonchev–Trinajstić information content (AvgIpc) is 2.63. The molecule has 0 heterocycles. The lowest BCUT2D eigenvalue weighted by molar-refractivity contribution is -0.122. The summed E-state index contributed by atoms with van der Waals surface area (Å²) in [6.45, 7) is 4.83. The van der Waals surface area contributed by atoms with Crippen LogP contribution in [0.2, 0.25) is 0 Å². The number of amides is 1. The molecule has 0 aromatic heterocycles. The van der Waals surface area contributed by atoms with Crippen LogP contribution in [-0.2, 0) is 14.8 Å². The lowest BCUT2D eigenvalue weighted by atomic mass is 10.1. The molecular weight excluding hydrogens is 380 g/mol. The second-order valence-corrected chi connectivity index (χ2v) is 8.75. The Hall–Kier alpha value is -2.71. The van der Waals surface area contributed by atoms with E-state index in [4.69, 9.17) is 4.74 Å². The van der Waals surface area contributed by atoms with Crippen LogP contribution >= 0.6 is 0 Å². The summed E-state index contributed by atoms with van der Waals surface area (Å²) in [6.07, 6.45) is -0.823. The summed E-state index contributed by atoms with van der Waals surface area (Å²) in [5.74, 6) is -0.0215. The van der Waals surface area contributed by atoms with Gasteiger partial charge in [-0.05, 0) is 62.7 Å². The molecule has 7 nitrogen and oxygen atoms in total. The predicted octanol–water partition coefficient (Wildman–Crippen LogP) is 2.85. The van der Waals surface area contributed by atoms with Gasteiger partial charge in [-0.25, -0.2) is 12.7 Å². The summed E-state index contributed by atoms with van der Waals surface area (Å²) in [5, 5.41) is 2.71. The molecule has 0 bridgehead atoms. The molecular formula is C20H24N2O5S. The number of carbonyl (C=O) groups is 2. The molecule has 0 aliphatic heterocycles. The summed E-state index contributed by atoms with van der Waals surface area (Å²) in [5.41, 5.74) is 1.68. The number of ether oxygens (including phenoxy) is 1. The molecule has 0 saturated heterocycles. The molecule has 8 heteroatoms. The molecule has 2 aromatic rings. The Kier molecular flexibility index (Phi) is 6.58. The number of aryl methyl sites for hydroxylation is 1. The number of carbonyl (C=O) groups excluding carboxylic acids is 2. The maximum absolute atomic E-state index is 12.5. The van der Waals surface area contributed by atoms with Crippen LogP contribution in [0.15, 0.2) is 47.4 Å². The second-order valence-electron chi connectivity index (χ2n) is 6.59. The fourth-order valence-corrected chi connectivity index (χ4v) is 3.30. The number of rotatable bonds is 7. The first-order valence-corrected chi connectivity index (χ1v) is 10.1. The Balaban J connectivity index is 2.14. The molecule has 0 spiro atoms. The zero-order valence-corrected chi connectivity index (χ0v) is 17.3. The first-order chi connectivity index (χ1) is 13.0. The SMILES string of the molecule is CC(=O)c1ccc(OC(C)C(=O)Nc2cc(S(=O)(=O)N(C)C)ccc2C)cc1. The van der Waals surface area contributed by atoms with E-state index in [0.717, 1.165) is 9.87 Å². The predicted molar refractivity (Wildman–Crippen MR) is 107 cm³/mol. The quantitative estimate of drug-likeness (QED) is 0.717. The first kappa shape index (κ1) is 21.6. The van der Waals surface area contributed by atoms with E-state index in [9.17, 15) is 18.0 Å². The van der Waals surface area contributed by atoms with Crippen molar-refractivity contribution >= 4 is 27.4 Å². The van der Waals surface area contributed by atoms with Crippen LogP contribution in [0.1, 0.15) is 29.8 Å². The molecule has 150 valence electrons. The lowest BCUT2D eigenvalue weighted by Crippen LogP contribution is -2.30. The maximum atomic E-state index is 12.5. The summed E-state index contributed by atoms with van der Waals surface area (Å²) < 4.78 is 31.3. The van der Waals surface area contributed by atoms with E-state index in [1.54, 1.807) is 44.2 Å². The van der Waals surface area contributed by atoms with Gasteiger partial charge in [-0.15, -0.1) is 0 Å². The normalized spacial score (nSPS) is 12.5. The summed E-state index contributed by atoms with van der Waals surface area (Å²) in [7, 11) is -0.718. The molecule has 2 aromatic carbocycles. The van der Waals surface area contributed by atoms with Crippen molar-refractivity contribution in [3.05, 3.63) is 53.6 Å². The molecule has 1 atom stereocenters. The molecule has 28 heavy (non-hydrogen) atoms. The van der Waals surface area contributed by atoms with Crippen LogP contribution in [-0.4, -0.2) is 44.6 Å². The highest BCUT2D eigenvalue weighted by Crippen LogP contribution is 2.22. The van der Waals surface area contributed by atoms with E-state index >= 15 is 0 Å². The molecule has 1 unspecified atom stereocenters. The second kappa shape index (κ2) is 8.53. The minimum Gasteiger partial charge on any atom is -0.481 e. The minimum atomic E-state index is -3.61. The maximum Gasteiger partial charge on any atom is 0.265 e. The smallest absolute Gasteiger partial charge is 0.265 e. The summed E-state index contributed by atoms with van der Waals surface area (Å²) in [6, 6.07) is 11.1. The van der Waals surface area contributed by atoms with Gasteiger partial charge in [0.15, 0.2) is 11.9 Å². The van der Waals surface area contributed by atoms with Gasteiger partial charge < -0.3 is 10.1 Å². The van der Waals surface area contributed by atoms with Crippen molar-refractivity contribution in [2.24, 2.45) is 0 Å². The Morgan fingerprint density at radius 2 is 1.68 bits per heavy atom. The van der Waals surface area contributed by atoms with Crippen molar-refractivity contribution in [3.8, 4) is 5.75 Å². The number of nitrogens with zero attached hydrogens (tertiary/aromatic N) is 1. The van der Waals surface area contributed by atoms with Gasteiger partial charge in [0.25, 0.3) is 5.91 Å². The zero-order valence-electron chi connectivity index (χ0n) is 16.5. The van der Waals surface area contributed by atoms with Crippen molar-refractivity contribution in [1.82, 2.24) is 4.31 Å². The number of hydrogen-bond donors (Lipinski definition) is 1. The number of benzene rings is 2. The number of anilines is 1. The highest BCUT2D eigenvalue weighted by atomic mass is 32.2. The molecule has 0 aliphatic rings. The van der Waals surface area contributed by atoms with Gasteiger partial charge >= 0.3 is 0 Å². The molecule has 0 radical (unpaired) electrons. The van der Waals surface area contributed by atoms with E-state index in [-0.39, 0.29) is 10.7 Å². The topological polar surface area (TPSA) is 92.8 Å². The summed E-state index contributed by atoms with van der Waals surface area (Å²) >= 11 is 0. The van der Waals surface area contributed by atoms with Gasteiger partial charge in [-0.2, -0.15) is 0 Å². The van der Waals surface area contributed by atoms with Crippen LogP contribution in [0.5, 0.6) is 5.75 Å². The van der Waals surface area contributed by atoms with Crippen molar-refractivity contribution in [3.63, 3.8) is 0 Å². The van der Waals surface area contributed by atoms with Gasteiger partial charge in [-0.1, -0.05) is 6.07 Å². The van der Waals surface area contributed by atoms with E-state index in [2.05, 4.69) is 5.32 Å². The van der Waals surface area contributed by atoms with Crippen molar-refractivity contribution in [2.75, 3.05) is 19.4 Å². The van der Waals surface area contributed by atoms with Crippen LogP contribution < -0.4 is 10.1 Å². The Morgan fingerprint density at radius 1 is 1.07 bits per heavy atom. The number of sulfonamides is 1. The zero-order chi connectivity index (χ0) is 21.1. The van der Waals surface area contributed by atoms with Crippen molar-refractivity contribution < 1.29 is 22.7 Å². The summed E-state index contributed by atoms with van der Waals surface area (Å²) in [4.78, 5) is 23.9. The number of Topliss-reactive ketones (excluding diaryl/α,β-unsaturated/α-hetero) is 1. The first-order valence-electron chi connectivity index (χ1n) is 8.64. The third-order valence-electron chi connectivity index (χ3n) is 4.19. The van der Waals surface area contributed by atoms with E-state index in [1.807, 2.05) is 0 Å². The fraction of sp³-hybridized carbons (Fsp3) is 0.300. The van der Waals surface area contributed by atoms with E-state index in [1.165, 1.54) is 33.2 Å². The Bertz CT molecular complexity index is 982. The molecule has 2 rings (SSSR count). The van der Waals surface area contributed by atoms with E-state index in [0.29, 0.717) is 17.0 Å². The van der Waals surface area contributed by atoms with Gasteiger partial charge in [0.1, 0.15) is 5.75 Å². The Labute approximate surface area is 165 Å². The number of nitrogens with one attached hydrogen (secondary N) is 1. The monoisotopic (exact) mass is 404 g/mol. The molecule has 0 saturated carbocycles. The van der Waals surface area contributed by atoms with E-state index < -0.39 is 22.0 Å². The largest absolute Gasteiger partial charge is 0.481 e. The van der Waals surface area contributed by atoms with Crippen molar-refractivity contribution in [1.29, 1.82) is 0 Å². The third kappa shape index (κ3) is 4.96. The van der Waals surface area contributed by atoms with Gasteiger partial charge in [0.05, 0.1) is 4.90 Å². The fourth-order valence-electron chi connectivity index (χ4n) is 2.37. The molecule has 0 aliphatic carbocycles. The number of hydrogen-bond acceptors (Lipinski definition) is 5. The highest BCUT2D eigenvalue weighted by molar-refractivity contribution is 7.89. The molecule has 1 amide bonds. The van der Waals surface area contributed by atoms with Crippen molar-refractivity contribution in [2.45, 2.75) is 31.8 Å². The molecule has 0 fully saturated rings. The average molecular weight is 404 g/mol. The number of ketones is 1. The minimum absolute atomic E-state index is 0.0552. The molecule has 1 N–H and O–H groups in total. The van der Waals surface area contributed by atoms with Gasteiger partial charge in [0, 0.05) is 25.3 Å². The van der Waals surface area contributed by atoms with Crippen LogP contribution in [0, 0.1) is 6.92 Å². The highest BCUT2D eigenvalue weighted by Gasteiger charge is 2.20. The Morgan fingerprint density at radius 3 is 2.21 bits per heavy atom. The van der Waals surface area contributed by atoms with Crippen LogP contribution in [0.3, 0.4) is 0 Å². The van der Waals surface area contributed by atoms with Gasteiger partial charge in [-0.3, -0.25) is 9.59 Å². The lowest BCUT2D eigenvalue weighted by Gasteiger charge is -2.17. The van der Waals surface area contributed by atoms with Gasteiger partial charge in [0.2, 0.25) is 10.0 Å². The van der Waals surface area contributed by atoms with Crippen LogP contribution in [0.25, 0.3) is 0 Å². The standard InChI is InChI=1S/C20H24N2O5S/c1-13-6-11-18(28(25,26)22(4)5)12-19(13)21-20(24)15(3)27-17-9-7-16(8-10-17)14(2)23/h6-12,15H,1-5H3,(H,21,24).